The van der Waals surface area contributed by atoms with Gasteiger partial charge in [0.05, 0.1) is 12.7 Å². The smallest absolute Gasteiger partial charge is 0.244 e. The number of hydrogen-bond donors (Lipinski definition) is 3. The van der Waals surface area contributed by atoms with E-state index in [4.69, 9.17) is 4.74 Å². The summed E-state index contributed by atoms with van der Waals surface area (Å²) in [6.07, 6.45) is -0.169. The fourth-order valence-corrected chi connectivity index (χ4v) is 2.21. The molecule has 1 fully saturated rings. The van der Waals surface area contributed by atoms with Gasteiger partial charge in [-0.15, -0.1) is 0 Å². The van der Waals surface area contributed by atoms with Crippen molar-refractivity contribution in [2.45, 2.75) is 32.9 Å². The minimum Gasteiger partial charge on any atom is -0.375 e. The zero-order valence-corrected chi connectivity index (χ0v) is 13.2. The largest absolute Gasteiger partial charge is 0.375 e. The number of anilines is 2. The fraction of sp³-hybridized carbons (Fsp3) is 0.500. The summed E-state index contributed by atoms with van der Waals surface area (Å²) in [4.78, 5) is 24.0. The first-order chi connectivity index (χ1) is 10.5. The van der Waals surface area contributed by atoms with Crippen LogP contribution >= 0.6 is 0 Å². The fourth-order valence-electron chi connectivity index (χ4n) is 2.21. The van der Waals surface area contributed by atoms with Crippen molar-refractivity contribution in [1.29, 1.82) is 0 Å². The van der Waals surface area contributed by atoms with Crippen LogP contribution in [0, 0.1) is 5.92 Å². The van der Waals surface area contributed by atoms with Gasteiger partial charge in [0.1, 0.15) is 6.04 Å². The summed E-state index contributed by atoms with van der Waals surface area (Å²) in [5.74, 6) is -0.290. The highest BCUT2D eigenvalue weighted by molar-refractivity contribution is 5.97. The highest BCUT2D eigenvalue weighted by Gasteiger charge is 2.28. The molecule has 22 heavy (non-hydrogen) atoms. The Kier molecular flexibility index (Phi) is 5.51. The van der Waals surface area contributed by atoms with E-state index in [1.807, 2.05) is 20.8 Å². The van der Waals surface area contributed by atoms with Gasteiger partial charge < -0.3 is 20.7 Å². The number of ether oxygens (including phenoxy) is 1. The molecule has 2 amide bonds. The third-order valence-corrected chi connectivity index (χ3v) is 3.52. The van der Waals surface area contributed by atoms with Gasteiger partial charge in [0.15, 0.2) is 0 Å². The summed E-state index contributed by atoms with van der Waals surface area (Å²) in [6, 6.07) is 6.74. The number of hydrogen-bond acceptors (Lipinski definition) is 4. The van der Waals surface area contributed by atoms with Crippen molar-refractivity contribution < 1.29 is 14.3 Å². The van der Waals surface area contributed by atoms with Gasteiger partial charge >= 0.3 is 0 Å². The van der Waals surface area contributed by atoms with Crippen LogP contribution in [-0.4, -0.2) is 37.1 Å². The molecular formula is C16H23N3O3. The Morgan fingerprint density at radius 2 is 1.95 bits per heavy atom. The van der Waals surface area contributed by atoms with Crippen LogP contribution in [0.4, 0.5) is 11.4 Å². The first-order valence-corrected chi connectivity index (χ1v) is 7.54. The highest BCUT2D eigenvalue weighted by atomic mass is 16.5. The van der Waals surface area contributed by atoms with E-state index in [0.717, 1.165) is 0 Å². The summed E-state index contributed by atoms with van der Waals surface area (Å²) < 4.78 is 5.47. The maximum Gasteiger partial charge on any atom is 0.244 e. The van der Waals surface area contributed by atoms with E-state index in [1.165, 1.54) is 0 Å². The second-order valence-corrected chi connectivity index (χ2v) is 5.72. The van der Waals surface area contributed by atoms with Crippen molar-refractivity contribution in [3.63, 3.8) is 0 Å². The van der Waals surface area contributed by atoms with Gasteiger partial charge in [-0.3, -0.25) is 9.59 Å². The Balaban J connectivity index is 2.00. The maximum absolute atomic E-state index is 12.3. The van der Waals surface area contributed by atoms with Crippen LogP contribution < -0.4 is 16.0 Å². The molecule has 2 rings (SSSR count). The van der Waals surface area contributed by atoms with Crippen molar-refractivity contribution in [2.75, 3.05) is 23.8 Å². The first kappa shape index (κ1) is 16.5. The quantitative estimate of drug-likeness (QED) is 0.789. The molecule has 1 aliphatic rings. The van der Waals surface area contributed by atoms with E-state index in [0.29, 0.717) is 24.5 Å². The van der Waals surface area contributed by atoms with Gasteiger partial charge in [-0.1, -0.05) is 19.9 Å². The third-order valence-electron chi connectivity index (χ3n) is 3.52. The Bertz CT molecular complexity index is 545. The average molecular weight is 305 g/mol. The molecule has 0 unspecified atom stereocenters. The lowest BCUT2D eigenvalue weighted by atomic mass is 10.1. The molecule has 1 aromatic rings. The van der Waals surface area contributed by atoms with E-state index in [2.05, 4.69) is 16.0 Å². The summed E-state index contributed by atoms with van der Waals surface area (Å²) in [5, 5.41) is 8.81. The summed E-state index contributed by atoms with van der Waals surface area (Å²) in [7, 11) is 0. The molecule has 0 saturated carbocycles. The zero-order valence-electron chi connectivity index (χ0n) is 13.2. The van der Waals surface area contributed by atoms with E-state index in [9.17, 15) is 9.59 Å². The molecule has 1 aromatic carbocycles. The minimum atomic E-state index is -0.373. The molecule has 1 heterocycles. The van der Waals surface area contributed by atoms with E-state index in [1.54, 1.807) is 24.3 Å². The van der Waals surface area contributed by atoms with Gasteiger partial charge in [0.2, 0.25) is 11.8 Å². The number of benzene rings is 1. The second kappa shape index (κ2) is 7.38. The molecule has 1 aliphatic heterocycles. The Hall–Kier alpha value is -1.92. The summed E-state index contributed by atoms with van der Waals surface area (Å²) in [5.41, 5.74) is 1.31. The molecule has 6 heteroatoms. The number of amides is 2. The van der Waals surface area contributed by atoms with Crippen LogP contribution in [0.1, 0.15) is 20.8 Å². The molecule has 0 spiro atoms. The standard InChI is InChI=1S/C16H23N3O3/c1-10(2)15(20)18-12-5-4-6-13(9-12)19-16(21)14-11(3)22-8-7-17-14/h4-6,9-11,14,17H,7-8H2,1-3H3,(H,18,20)(H,19,21)/t11-,14+/m1/s1. The third kappa shape index (κ3) is 4.29. The highest BCUT2D eigenvalue weighted by Crippen LogP contribution is 2.17. The Morgan fingerprint density at radius 1 is 1.27 bits per heavy atom. The number of morpholine rings is 1. The van der Waals surface area contributed by atoms with Crippen molar-refractivity contribution in [3.8, 4) is 0 Å². The Morgan fingerprint density at radius 3 is 2.59 bits per heavy atom. The lowest BCUT2D eigenvalue weighted by Crippen LogP contribution is -2.53. The predicted molar refractivity (Wildman–Crippen MR) is 85.7 cm³/mol. The molecule has 0 aliphatic carbocycles. The van der Waals surface area contributed by atoms with Crippen LogP contribution in [0.5, 0.6) is 0 Å². The normalized spacial score (nSPS) is 21.5. The van der Waals surface area contributed by atoms with Gasteiger partial charge in [0.25, 0.3) is 0 Å². The van der Waals surface area contributed by atoms with Crippen molar-refractivity contribution >= 4 is 23.2 Å². The predicted octanol–water partition coefficient (Wildman–Crippen LogP) is 1.60. The lowest BCUT2D eigenvalue weighted by molar-refractivity contribution is -0.123. The molecular weight excluding hydrogens is 282 g/mol. The van der Waals surface area contributed by atoms with Crippen LogP contribution in [0.15, 0.2) is 24.3 Å². The van der Waals surface area contributed by atoms with Crippen molar-refractivity contribution in [3.05, 3.63) is 24.3 Å². The van der Waals surface area contributed by atoms with Crippen molar-refractivity contribution in [1.82, 2.24) is 5.32 Å². The van der Waals surface area contributed by atoms with E-state index in [-0.39, 0.29) is 29.9 Å². The summed E-state index contributed by atoms with van der Waals surface area (Å²) >= 11 is 0. The van der Waals surface area contributed by atoms with Gasteiger partial charge in [-0.2, -0.15) is 0 Å². The second-order valence-electron chi connectivity index (χ2n) is 5.72. The Labute approximate surface area is 130 Å². The van der Waals surface area contributed by atoms with Crippen LogP contribution in [0.2, 0.25) is 0 Å². The van der Waals surface area contributed by atoms with Crippen LogP contribution in [0.3, 0.4) is 0 Å². The maximum atomic E-state index is 12.3. The van der Waals surface area contributed by atoms with Crippen LogP contribution in [0.25, 0.3) is 0 Å². The van der Waals surface area contributed by atoms with Crippen LogP contribution in [-0.2, 0) is 14.3 Å². The van der Waals surface area contributed by atoms with Crippen molar-refractivity contribution in [2.24, 2.45) is 5.92 Å². The van der Waals surface area contributed by atoms with Gasteiger partial charge in [0, 0.05) is 23.8 Å². The SMILES string of the molecule is CC(C)C(=O)Nc1cccc(NC(=O)[C@H]2NCCO[C@@H]2C)c1. The number of carbonyl (C=O) groups is 2. The van der Waals surface area contributed by atoms with Gasteiger partial charge in [-0.05, 0) is 25.1 Å². The number of nitrogens with one attached hydrogen (secondary N) is 3. The topological polar surface area (TPSA) is 79.5 Å². The number of rotatable bonds is 4. The molecule has 6 nitrogen and oxygen atoms in total. The zero-order chi connectivity index (χ0) is 16.1. The molecule has 0 bridgehead atoms. The first-order valence-electron chi connectivity index (χ1n) is 7.54. The molecule has 0 aromatic heterocycles. The monoisotopic (exact) mass is 305 g/mol. The number of carbonyl (C=O) groups excluding carboxylic acids is 2. The average Bonchev–Trinajstić information content (AvgIpc) is 2.47. The lowest BCUT2D eigenvalue weighted by Gasteiger charge is -2.29. The van der Waals surface area contributed by atoms with Gasteiger partial charge in [-0.25, -0.2) is 0 Å². The van der Waals surface area contributed by atoms with E-state index >= 15 is 0 Å². The summed E-state index contributed by atoms with van der Waals surface area (Å²) in [6.45, 7) is 6.80. The minimum absolute atomic E-state index is 0.0561. The molecule has 120 valence electrons. The van der Waals surface area contributed by atoms with E-state index < -0.39 is 0 Å². The molecule has 1 saturated heterocycles. The molecule has 2 atom stereocenters. The molecule has 3 N–H and O–H groups in total. The molecule has 0 radical (unpaired) electrons.